The Morgan fingerprint density at radius 3 is 1.96 bits per heavy atom. The van der Waals surface area contributed by atoms with Gasteiger partial charge in [0.2, 0.25) is 0 Å². The third-order valence-electron chi connectivity index (χ3n) is 4.40. The molecule has 0 amide bonds. The van der Waals surface area contributed by atoms with E-state index in [0.29, 0.717) is 0 Å². The summed E-state index contributed by atoms with van der Waals surface area (Å²) in [6, 6.07) is 5.84. The molecule has 0 aliphatic heterocycles. The van der Waals surface area contributed by atoms with Crippen LogP contribution in [0.4, 0.5) is 0 Å². The van der Waals surface area contributed by atoms with Crippen LogP contribution in [0.5, 0.6) is 17.2 Å². The van der Waals surface area contributed by atoms with Crippen molar-refractivity contribution in [2.45, 2.75) is 65.6 Å². The first-order valence-corrected chi connectivity index (χ1v) is 8.96. The molecule has 0 saturated carbocycles. The lowest BCUT2D eigenvalue weighted by atomic mass is 10.1. The first-order chi connectivity index (χ1) is 11.7. The Hall–Kier alpha value is -1.97. The zero-order valence-corrected chi connectivity index (χ0v) is 15.5. The summed E-state index contributed by atoms with van der Waals surface area (Å²) in [6.45, 7) is 8.53. The van der Waals surface area contributed by atoms with Crippen molar-refractivity contribution in [3.8, 4) is 17.2 Å². The quantitative estimate of drug-likeness (QED) is 0.618. The fourth-order valence-corrected chi connectivity index (χ4v) is 2.75. The SMILES string of the molecule is CCC(CC)Oc1cc2nccc(OC(CC)CC)c2cc1OC. The smallest absolute Gasteiger partial charge is 0.163 e. The molecule has 1 aromatic carbocycles. The van der Waals surface area contributed by atoms with Crippen LogP contribution >= 0.6 is 0 Å². The van der Waals surface area contributed by atoms with E-state index >= 15 is 0 Å². The molecule has 2 aromatic rings. The molecule has 1 aromatic heterocycles. The minimum absolute atomic E-state index is 0.181. The molecule has 4 nitrogen and oxygen atoms in total. The second-order valence-corrected chi connectivity index (χ2v) is 5.94. The molecule has 0 atom stereocenters. The molecular weight excluding hydrogens is 302 g/mol. The van der Waals surface area contributed by atoms with Gasteiger partial charge in [-0.1, -0.05) is 27.7 Å². The van der Waals surface area contributed by atoms with Crippen molar-refractivity contribution in [2.24, 2.45) is 0 Å². The van der Waals surface area contributed by atoms with Gasteiger partial charge in [-0.3, -0.25) is 4.98 Å². The first kappa shape index (κ1) is 18.4. The van der Waals surface area contributed by atoms with Gasteiger partial charge in [-0.15, -0.1) is 0 Å². The second-order valence-electron chi connectivity index (χ2n) is 5.94. The molecule has 0 N–H and O–H groups in total. The van der Waals surface area contributed by atoms with Gasteiger partial charge in [0.1, 0.15) is 5.75 Å². The molecule has 132 valence electrons. The van der Waals surface area contributed by atoms with Crippen LogP contribution in [0.3, 0.4) is 0 Å². The monoisotopic (exact) mass is 331 g/mol. The van der Waals surface area contributed by atoms with Gasteiger partial charge in [-0.05, 0) is 37.8 Å². The molecule has 1 heterocycles. The minimum Gasteiger partial charge on any atom is -0.493 e. The lowest BCUT2D eigenvalue weighted by Gasteiger charge is -2.20. The number of methoxy groups -OCH3 is 1. The Balaban J connectivity index is 2.43. The number of benzene rings is 1. The molecule has 0 aliphatic carbocycles. The molecule has 0 aliphatic rings. The highest BCUT2D eigenvalue weighted by molar-refractivity contribution is 5.88. The topological polar surface area (TPSA) is 40.6 Å². The van der Waals surface area contributed by atoms with Crippen molar-refractivity contribution in [2.75, 3.05) is 7.11 Å². The fraction of sp³-hybridized carbons (Fsp3) is 0.550. The molecule has 0 fully saturated rings. The minimum atomic E-state index is 0.181. The van der Waals surface area contributed by atoms with Crippen molar-refractivity contribution in [3.05, 3.63) is 24.4 Å². The number of rotatable bonds is 9. The molecule has 4 heteroatoms. The summed E-state index contributed by atoms with van der Waals surface area (Å²) in [5.41, 5.74) is 0.861. The van der Waals surface area contributed by atoms with E-state index in [1.165, 1.54) is 0 Å². The number of hydrogen-bond donors (Lipinski definition) is 0. The Labute approximate surface area is 145 Å². The average Bonchev–Trinajstić information content (AvgIpc) is 2.63. The number of hydrogen-bond acceptors (Lipinski definition) is 4. The molecule has 0 radical (unpaired) electrons. The third-order valence-corrected chi connectivity index (χ3v) is 4.40. The van der Waals surface area contributed by atoms with Crippen LogP contribution in [0.15, 0.2) is 24.4 Å². The normalized spacial score (nSPS) is 11.3. The van der Waals surface area contributed by atoms with Gasteiger partial charge < -0.3 is 14.2 Å². The van der Waals surface area contributed by atoms with Gasteiger partial charge in [-0.2, -0.15) is 0 Å². The predicted molar refractivity (Wildman–Crippen MR) is 98.3 cm³/mol. The highest BCUT2D eigenvalue weighted by Gasteiger charge is 2.15. The summed E-state index contributed by atoms with van der Waals surface area (Å²) < 4.78 is 17.8. The fourth-order valence-electron chi connectivity index (χ4n) is 2.75. The second kappa shape index (κ2) is 8.76. The largest absolute Gasteiger partial charge is 0.493 e. The number of nitrogens with zero attached hydrogens (tertiary/aromatic N) is 1. The van der Waals surface area contributed by atoms with E-state index in [-0.39, 0.29) is 12.2 Å². The molecule has 0 saturated heterocycles. The molecule has 0 bridgehead atoms. The summed E-state index contributed by atoms with van der Waals surface area (Å²) >= 11 is 0. The van der Waals surface area contributed by atoms with Crippen molar-refractivity contribution < 1.29 is 14.2 Å². The number of pyridine rings is 1. The zero-order valence-electron chi connectivity index (χ0n) is 15.5. The van der Waals surface area contributed by atoms with Crippen molar-refractivity contribution in [1.29, 1.82) is 0 Å². The van der Waals surface area contributed by atoms with Crippen LogP contribution in [0.1, 0.15) is 53.4 Å². The number of ether oxygens (including phenoxy) is 3. The number of fused-ring (bicyclic) bond motifs is 1. The van der Waals surface area contributed by atoms with E-state index in [1.807, 2.05) is 18.2 Å². The van der Waals surface area contributed by atoms with Gasteiger partial charge in [0.25, 0.3) is 0 Å². The zero-order chi connectivity index (χ0) is 17.5. The molecule has 24 heavy (non-hydrogen) atoms. The highest BCUT2D eigenvalue weighted by Crippen LogP contribution is 2.37. The van der Waals surface area contributed by atoms with E-state index in [0.717, 1.165) is 53.8 Å². The van der Waals surface area contributed by atoms with E-state index in [9.17, 15) is 0 Å². The van der Waals surface area contributed by atoms with E-state index < -0.39 is 0 Å². The van der Waals surface area contributed by atoms with Gasteiger partial charge in [-0.25, -0.2) is 0 Å². The Kier molecular flexibility index (Phi) is 6.71. The van der Waals surface area contributed by atoms with Crippen LogP contribution in [0.2, 0.25) is 0 Å². The van der Waals surface area contributed by atoms with E-state index in [4.69, 9.17) is 14.2 Å². The van der Waals surface area contributed by atoms with Crippen LogP contribution < -0.4 is 14.2 Å². The van der Waals surface area contributed by atoms with Gasteiger partial charge in [0.15, 0.2) is 11.5 Å². The molecular formula is C20H29NO3. The first-order valence-electron chi connectivity index (χ1n) is 8.96. The summed E-state index contributed by atoms with van der Waals surface area (Å²) in [7, 11) is 1.67. The Morgan fingerprint density at radius 1 is 0.833 bits per heavy atom. The molecule has 0 spiro atoms. The Bertz CT molecular complexity index is 649. The average molecular weight is 331 g/mol. The van der Waals surface area contributed by atoms with E-state index in [2.05, 4.69) is 32.7 Å². The molecule has 2 rings (SSSR count). The maximum atomic E-state index is 6.15. The van der Waals surface area contributed by atoms with Crippen LogP contribution in [0.25, 0.3) is 10.9 Å². The predicted octanol–water partition coefficient (Wildman–Crippen LogP) is 5.38. The maximum absolute atomic E-state index is 6.15. The summed E-state index contributed by atoms with van der Waals surface area (Å²) in [5, 5.41) is 0.957. The number of aromatic nitrogens is 1. The van der Waals surface area contributed by atoms with Crippen molar-refractivity contribution in [3.63, 3.8) is 0 Å². The Morgan fingerprint density at radius 2 is 1.42 bits per heavy atom. The standard InChI is InChI=1S/C20H29NO3/c1-6-14(7-2)23-18-10-11-21-17-13-20(24-15(8-3)9-4)19(22-5)12-16(17)18/h10-15H,6-9H2,1-5H3. The van der Waals surface area contributed by atoms with Crippen molar-refractivity contribution >= 4 is 10.9 Å². The van der Waals surface area contributed by atoms with E-state index in [1.54, 1.807) is 13.3 Å². The summed E-state index contributed by atoms with van der Waals surface area (Å²) in [5.74, 6) is 2.31. The van der Waals surface area contributed by atoms with Crippen molar-refractivity contribution in [1.82, 2.24) is 4.98 Å². The van der Waals surface area contributed by atoms with Gasteiger partial charge >= 0.3 is 0 Å². The summed E-state index contributed by atoms with van der Waals surface area (Å²) in [4.78, 5) is 4.48. The lowest BCUT2D eigenvalue weighted by molar-refractivity contribution is 0.185. The van der Waals surface area contributed by atoms with Gasteiger partial charge in [0, 0.05) is 17.6 Å². The molecule has 0 unspecified atom stereocenters. The summed E-state index contributed by atoms with van der Waals surface area (Å²) in [6.07, 6.45) is 6.06. The maximum Gasteiger partial charge on any atom is 0.163 e. The van der Waals surface area contributed by atoms with Crippen LogP contribution in [0, 0.1) is 0 Å². The van der Waals surface area contributed by atoms with Gasteiger partial charge in [0.05, 0.1) is 24.8 Å². The lowest BCUT2D eigenvalue weighted by Crippen LogP contribution is -2.15. The highest BCUT2D eigenvalue weighted by atomic mass is 16.5. The third kappa shape index (κ3) is 4.11. The van der Waals surface area contributed by atoms with Crippen LogP contribution in [-0.2, 0) is 0 Å². The van der Waals surface area contributed by atoms with Crippen LogP contribution in [-0.4, -0.2) is 24.3 Å².